The zero-order chi connectivity index (χ0) is 16.3. The average Bonchev–Trinajstić information content (AvgIpc) is 3.25. The van der Waals surface area contributed by atoms with E-state index < -0.39 is 0 Å². The van der Waals surface area contributed by atoms with Crippen LogP contribution in [0.25, 0.3) is 10.2 Å². The van der Waals surface area contributed by atoms with Crippen molar-refractivity contribution in [2.24, 2.45) is 7.05 Å². The quantitative estimate of drug-likeness (QED) is 0.733. The van der Waals surface area contributed by atoms with Crippen LogP contribution >= 0.6 is 11.3 Å². The maximum atomic E-state index is 4.98. The lowest BCUT2D eigenvalue weighted by atomic mass is 10.1. The van der Waals surface area contributed by atoms with Crippen LogP contribution in [0.5, 0.6) is 0 Å². The molecule has 1 fully saturated rings. The second-order valence-corrected chi connectivity index (χ2v) is 7.72. The number of hydrogen-bond acceptors (Lipinski definition) is 5. The Bertz CT molecular complexity index is 921. The van der Waals surface area contributed by atoms with Crippen LogP contribution in [0.4, 0.5) is 5.82 Å². The molecule has 124 valence electrons. The molecule has 24 heavy (non-hydrogen) atoms. The first-order valence-corrected chi connectivity index (χ1v) is 9.66. The molecule has 4 heterocycles. The largest absolute Gasteiger partial charge is 0.350 e. The third-order valence-electron chi connectivity index (χ3n) is 5.20. The number of aryl methyl sites for hydroxylation is 1. The predicted molar refractivity (Wildman–Crippen MR) is 96.7 cm³/mol. The highest BCUT2D eigenvalue weighted by Crippen LogP contribution is 2.41. The molecular weight excluding hydrogens is 318 g/mol. The minimum Gasteiger partial charge on any atom is -0.350 e. The molecule has 1 aliphatic heterocycles. The summed E-state index contributed by atoms with van der Waals surface area (Å²) in [6.45, 7) is 3.98. The summed E-state index contributed by atoms with van der Waals surface area (Å²) in [5.74, 6) is 4.01. The van der Waals surface area contributed by atoms with Crippen molar-refractivity contribution < 1.29 is 0 Å². The van der Waals surface area contributed by atoms with Crippen molar-refractivity contribution in [2.75, 3.05) is 11.4 Å². The summed E-state index contributed by atoms with van der Waals surface area (Å²) in [4.78, 5) is 18.0. The monoisotopic (exact) mass is 339 g/mol. The highest BCUT2D eigenvalue weighted by Gasteiger charge is 2.32. The van der Waals surface area contributed by atoms with Gasteiger partial charge in [-0.3, -0.25) is 0 Å². The lowest BCUT2D eigenvalue weighted by Gasteiger charge is -2.28. The number of aromatic nitrogens is 4. The molecule has 1 saturated carbocycles. The number of fused-ring (bicyclic) bond motifs is 2. The van der Waals surface area contributed by atoms with E-state index in [1.54, 1.807) is 11.3 Å². The normalized spacial score (nSPS) is 17.5. The van der Waals surface area contributed by atoms with Crippen LogP contribution in [-0.2, 0) is 26.4 Å². The molecule has 0 aromatic carbocycles. The van der Waals surface area contributed by atoms with Crippen LogP contribution in [0.2, 0.25) is 0 Å². The summed E-state index contributed by atoms with van der Waals surface area (Å²) in [6.07, 6.45) is 4.52. The van der Waals surface area contributed by atoms with Gasteiger partial charge in [0.2, 0.25) is 0 Å². The first-order chi connectivity index (χ1) is 11.7. The molecule has 2 aliphatic rings. The molecule has 0 unspecified atom stereocenters. The van der Waals surface area contributed by atoms with Gasteiger partial charge in [-0.25, -0.2) is 15.0 Å². The fourth-order valence-corrected chi connectivity index (χ4v) is 4.50. The molecule has 0 radical (unpaired) electrons. The van der Waals surface area contributed by atoms with Crippen molar-refractivity contribution in [3.63, 3.8) is 0 Å². The Labute approximate surface area is 145 Å². The van der Waals surface area contributed by atoms with E-state index in [9.17, 15) is 0 Å². The molecule has 0 bridgehead atoms. The minimum atomic E-state index is 0.698. The molecule has 5 rings (SSSR count). The molecule has 0 saturated heterocycles. The molecule has 0 N–H and O–H groups in total. The number of anilines is 1. The smallest absolute Gasteiger partial charge is 0.141 e. The number of nitrogens with zero attached hydrogens (tertiary/aromatic N) is 5. The third-order valence-corrected chi connectivity index (χ3v) is 6.01. The molecule has 3 aromatic heterocycles. The second-order valence-electron chi connectivity index (χ2n) is 6.82. The number of imidazole rings is 1. The Morgan fingerprint density at radius 2 is 2.12 bits per heavy atom. The Morgan fingerprint density at radius 3 is 2.92 bits per heavy atom. The molecule has 6 heteroatoms. The van der Waals surface area contributed by atoms with E-state index in [0.717, 1.165) is 42.4 Å². The Morgan fingerprint density at radius 1 is 1.25 bits per heavy atom. The maximum absolute atomic E-state index is 4.98. The van der Waals surface area contributed by atoms with Gasteiger partial charge in [-0.15, -0.1) is 11.3 Å². The van der Waals surface area contributed by atoms with E-state index in [-0.39, 0.29) is 0 Å². The standard InChI is InChI=1S/C18H21N5S/c1-3-15-20-17(12-7-9-24-18(12)21-15)23-8-6-14-13(10-23)19-16(22(14)2)11-4-5-11/h7,9,11H,3-6,8,10H2,1-2H3. The maximum Gasteiger partial charge on any atom is 0.141 e. The number of hydrogen-bond donors (Lipinski definition) is 0. The fourth-order valence-electron chi connectivity index (χ4n) is 3.72. The fraction of sp³-hybridized carbons (Fsp3) is 0.500. The molecular formula is C18H21N5S. The van der Waals surface area contributed by atoms with Gasteiger partial charge in [0, 0.05) is 38.0 Å². The lowest BCUT2D eigenvalue weighted by Crippen LogP contribution is -2.32. The summed E-state index contributed by atoms with van der Waals surface area (Å²) in [7, 11) is 2.19. The SMILES string of the molecule is CCc1nc(N2CCc3c(nc(C4CC4)n3C)C2)c2ccsc2n1. The van der Waals surface area contributed by atoms with Gasteiger partial charge < -0.3 is 9.47 Å². The van der Waals surface area contributed by atoms with Gasteiger partial charge in [-0.2, -0.15) is 0 Å². The second kappa shape index (κ2) is 5.28. The summed E-state index contributed by atoms with van der Waals surface area (Å²) in [6, 6.07) is 2.15. The molecule has 0 spiro atoms. The van der Waals surface area contributed by atoms with Crippen molar-refractivity contribution in [3.8, 4) is 0 Å². The molecule has 0 amide bonds. The number of thiophene rings is 1. The summed E-state index contributed by atoms with van der Waals surface area (Å²) < 4.78 is 2.35. The zero-order valence-corrected chi connectivity index (χ0v) is 14.9. The van der Waals surface area contributed by atoms with E-state index >= 15 is 0 Å². The molecule has 3 aromatic rings. The van der Waals surface area contributed by atoms with Gasteiger partial charge in [-0.1, -0.05) is 6.92 Å². The van der Waals surface area contributed by atoms with Gasteiger partial charge in [0.05, 0.1) is 17.6 Å². The van der Waals surface area contributed by atoms with Crippen molar-refractivity contribution in [2.45, 2.75) is 45.1 Å². The van der Waals surface area contributed by atoms with Crippen LogP contribution in [-0.4, -0.2) is 26.1 Å². The van der Waals surface area contributed by atoms with Gasteiger partial charge in [-0.05, 0) is 24.3 Å². The average molecular weight is 339 g/mol. The molecule has 0 atom stereocenters. The van der Waals surface area contributed by atoms with Crippen LogP contribution in [0.15, 0.2) is 11.4 Å². The van der Waals surface area contributed by atoms with Crippen LogP contribution in [0.3, 0.4) is 0 Å². The van der Waals surface area contributed by atoms with Crippen LogP contribution in [0, 0.1) is 0 Å². The van der Waals surface area contributed by atoms with E-state index in [2.05, 4.69) is 39.9 Å². The highest BCUT2D eigenvalue weighted by molar-refractivity contribution is 7.16. The molecule has 5 nitrogen and oxygen atoms in total. The summed E-state index contributed by atoms with van der Waals surface area (Å²) in [5, 5.41) is 3.29. The van der Waals surface area contributed by atoms with Crippen molar-refractivity contribution in [1.29, 1.82) is 0 Å². The predicted octanol–water partition coefficient (Wildman–Crippen LogP) is 3.43. The van der Waals surface area contributed by atoms with E-state index in [4.69, 9.17) is 9.97 Å². The topological polar surface area (TPSA) is 46.8 Å². The van der Waals surface area contributed by atoms with Crippen molar-refractivity contribution >= 4 is 27.4 Å². The van der Waals surface area contributed by atoms with E-state index in [1.807, 2.05) is 0 Å². The first kappa shape index (κ1) is 14.4. The summed E-state index contributed by atoms with van der Waals surface area (Å²) in [5.41, 5.74) is 2.66. The van der Waals surface area contributed by atoms with Gasteiger partial charge in [0.15, 0.2) is 0 Å². The van der Waals surface area contributed by atoms with E-state index in [1.165, 1.54) is 35.4 Å². The first-order valence-electron chi connectivity index (χ1n) is 8.78. The Balaban J connectivity index is 1.55. The highest BCUT2D eigenvalue weighted by atomic mass is 32.1. The van der Waals surface area contributed by atoms with Crippen molar-refractivity contribution in [3.05, 3.63) is 34.5 Å². The number of rotatable bonds is 3. The Kier molecular flexibility index (Phi) is 3.16. The summed E-state index contributed by atoms with van der Waals surface area (Å²) >= 11 is 1.70. The third kappa shape index (κ3) is 2.16. The van der Waals surface area contributed by atoms with Crippen LogP contribution in [0.1, 0.15) is 48.7 Å². The lowest BCUT2D eigenvalue weighted by molar-refractivity contribution is 0.670. The van der Waals surface area contributed by atoms with E-state index in [0.29, 0.717) is 5.92 Å². The molecule has 1 aliphatic carbocycles. The minimum absolute atomic E-state index is 0.698. The van der Waals surface area contributed by atoms with Crippen molar-refractivity contribution in [1.82, 2.24) is 19.5 Å². The van der Waals surface area contributed by atoms with Gasteiger partial charge in [0.25, 0.3) is 0 Å². The Hall–Kier alpha value is -1.95. The van der Waals surface area contributed by atoms with Gasteiger partial charge >= 0.3 is 0 Å². The van der Waals surface area contributed by atoms with Gasteiger partial charge in [0.1, 0.15) is 22.3 Å². The zero-order valence-electron chi connectivity index (χ0n) is 14.1. The van der Waals surface area contributed by atoms with Crippen LogP contribution < -0.4 is 4.90 Å².